The fourth-order valence-electron chi connectivity index (χ4n) is 2.63. The van der Waals surface area contributed by atoms with E-state index in [-0.39, 0.29) is 0 Å². The number of rotatable bonds is 5. The Morgan fingerprint density at radius 2 is 1.81 bits per heavy atom. The number of hydrogen-bond acceptors (Lipinski definition) is 3. The van der Waals surface area contributed by atoms with E-state index in [1.807, 2.05) is 43.4 Å². The number of halogens is 1. The lowest BCUT2D eigenvalue weighted by Crippen LogP contribution is -2.37. The molecule has 3 aromatic rings. The van der Waals surface area contributed by atoms with Crippen molar-refractivity contribution in [1.82, 2.24) is 25.4 Å². The van der Waals surface area contributed by atoms with Crippen LogP contribution in [-0.4, -0.2) is 27.8 Å². The molecule has 0 bridgehead atoms. The molecule has 1 aromatic heterocycles. The van der Waals surface area contributed by atoms with Gasteiger partial charge in [-0.1, -0.05) is 48.0 Å². The third-order valence-corrected chi connectivity index (χ3v) is 4.31. The molecule has 2 N–H and O–H groups in total. The summed E-state index contributed by atoms with van der Waals surface area (Å²) < 4.78 is 1.73. The zero-order chi connectivity index (χ0) is 18.4. The Morgan fingerprint density at radius 1 is 1.08 bits per heavy atom. The van der Waals surface area contributed by atoms with Gasteiger partial charge in [0.05, 0.1) is 6.54 Å². The van der Waals surface area contributed by atoms with Crippen LogP contribution in [0.15, 0.2) is 59.9 Å². The molecule has 0 spiro atoms. The minimum atomic E-state index is 0.551. The van der Waals surface area contributed by atoms with E-state index in [1.165, 1.54) is 17.5 Å². The van der Waals surface area contributed by atoms with E-state index in [9.17, 15) is 0 Å². The van der Waals surface area contributed by atoms with E-state index < -0.39 is 0 Å². The summed E-state index contributed by atoms with van der Waals surface area (Å²) in [6.07, 6.45) is 1.54. The van der Waals surface area contributed by atoms with Crippen LogP contribution in [0.2, 0.25) is 5.02 Å². The Morgan fingerprint density at radius 3 is 2.50 bits per heavy atom. The first-order valence-corrected chi connectivity index (χ1v) is 8.66. The van der Waals surface area contributed by atoms with Gasteiger partial charge in [-0.2, -0.15) is 5.10 Å². The van der Waals surface area contributed by atoms with Crippen molar-refractivity contribution >= 4 is 17.6 Å². The quantitative estimate of drug-likeness (QED) is 0.536. The highest BCUT2D eigenvalue weighted by Crippen LogP contribution is 2.25. The van der Waals surface area contributed by atoms with Crippen molar-refractivity contribution in [3.8, 4) is 11.1 Å². The van der Waals surface area contributed by atoms with Crippen LogP contribution in [0.25, 0.3) is 11.1 Å². The number of aliphatic imine (C=N–C) groups is 1. The van der Waals surface area contributed by atoms with E-state index >= 15 is 0 Å². The molecule has 0 unspecified atom stereocenters. The van der Waals surface area contributed by atoms with Crippen LogP contribution < -0.4 is 10.6 Å². The van der Waals surface area contributed by atoms with Crippen LogP contribution in [-0.2, 0) is 20.1 Å². The molecule has 26 heavy (non-hydrogen) atoms. The molecule has 0 fully saturated rings. The molecular formula is C19H21ClN6. The average Bonchev–Trinajstić information content (AvgIpc) is 3.08. The molecule has 0 aliphatic rings. The predicted octanol–water partition coefficient (Wildman–Crippen LogP) is 3.00. The summed E-state index contributed by atoms with van der Waals surface area (Å²) in [4.78, 5) is 8.46. The molecule has 0 radical (unpaired) electrons. The summed E-state index contributed by atoms with van der Waals surface area (Å²) in [7, 11) is 3.61. The molecule has 0 amide bonds. The van der Waals surface area contributed by atoms with Gasteiger partial charge < -0.3 is 10.6 Å². The zero-order valence-electron chi connectivity index (χ0n) is 14.8. The van der Waals surface area contributed by atoms with Gasteiger partial charge in [-0.3, -0.25) is 9.67 Å². The van der Waals surface area contributed by atoms with Gasteiger partial charge in [0.15, 0.2) is 5.96 Å². The summed E-state index contributed by atoms with van der Waals surface area (Å²) in [6.45, 7) is 1.20. The van der Waals surface area contributed by atoms with Gasteiger partial charge in [-0.25, -0.2) is 4.98 Å². The Hall–Kier alpha value is -2.86. The maximum absolute atomic E-state index is 6.00. The van der Waals surface area contributed by atoms with Crippen LogP contribution in [0.5, 0.6) is 0 Å². The SMILES string of the molecule is CN=C(NCc1ccccc1-c1ccc(Cl)cc1)NCc1ncnn1C. The van der Waals surface area contributed by atoms with E-state index in [0.29, 0.717) is 19.0 Å². The Balaban J connectivity index is 1.67. The van der Waals surface area contributed by atoms with Crippen molar-refractivity contribution in [2.45, 2.75) is 13.1 Å². The number of aryl methyl sites for hydroxylation is 1. The molecular weight excluding hydrogens is 348 g/mol. The van der Waals surface area contributed by atoms with Gasteiger partial charge in [0.2, 0.25) is 0 Å². The normalized spacial score (nSPS) is 11.4. The van der Waals surface area contributed by atoms with E-state index in [0.717, 1.165) is 16.4 Å². The van der Waals surface area contributed by atoms with Crippen LogP contribution >= 0.6 is 11.6 Å². The van der Waals surface area contributed by atoms with Crippen LogP contribution in [0, 0.1) is 0 Å². The molecule has 6 nitrogen and oxygen atoms in total. The second-order valence-electron chi connectivity index (χ2n) is 5.74. The first-order chi connectivity index (χ1) is 12.7. The Kier molecular flexibility index (Phi) is 5.86. The van der Waals surface area contributed by atoms with Gasteiger partial charge in [-0.05, 0) is 28.8 Å². The average molecular weight is 369 g/mol. The van der Waals surface area contributed by atoms with E-state index in [2.05, 4.69) is 37.8 Å². The van der Waals surface area contributed by atoms with Crippen molar-refractivity contribution in [2.24, 2.45) is 12.0 Å². The van der Waals surface area contributed by atoms with Crippen molar-refractivity contribution in [3.05, 3.63) is 71.3 Å². The fraction of sp³-hybridized carbons (Fsp3) is 0.211. The molecule has 1 heterocycles. The summed E-state index contributed by atoms with van der Waals surface area (Å²) >= 11 is 6.00. The summed E-state index contributed by atoms with van der Waals surface area (Å²) in [5.74, 6) is 1.55. The minimum Gasteiger partial charge on any atom is -0.352 e. The molecule has 0 aliphatic carbocycles. The van der Waals surface area contributed by atoms with Crippen LogP contribution in [0.3, 0.4) is 0 Å². The second kappa shape index (κ2) is 8.49. The standard InChI is InChI=1S/C19H21ClN6/c1-21-19(23-12-18-24-13-25-26(18)2)22-11-15-5-3-4-6-17(15)14-7-9-16(20)10-8-14/h3-10,13H,11-12H2,1-2H3,(H2,21,22,23). The molecule has 7 heteroatoms. The van der Waals surface area contributed by atoms with Crippen molar-refractivity contribution in [3.63, 3.8) is 0 Å². The monoisotopic (exact) mass is 368 g/mol. The van der Waals surface area contributed by atoms with Gasteiger partial charge in [0, 0.05) is 25.7 Å². The second-order valence-corrected chi connectivity index (χ2v) is 6.18. The number of guanidine groups is 1. The zero-order valence-corrected chi connectivity index (χ0v) is 15.5. The number of nitrogens with one attached hydrogen (secondary N) is 2. The minimum absolute atomic E-state index is 0.551. The fourth-order valence-corrected chi connectivity index (χ4v) is 2.75. The topological polar surface area (TPSA) is 67.1 Å². The molecule has 134 valence electrons. The molecule has 3 rings (SSSR count). The van der Waals surface area contributed by atoms with Gasteiger partial charge in [0.1, 0.15) is 12.2 Å². The van der Waals surface area contributed by atoms with Gasteiger partial charge in [0.25, 0.3) is 0 Å². The highest BCUT2D eigenvalue weighted by atomic mass is 35.5. The molecule has 0 atom stereocenters. The first-order valence-electron chi connectivity index (χ1n) is 8.28. The number of nitrogens with zero attached hydrogens (tertiary/aromatic N) is 4. The van der Waals surface area contributed by atoms with E-state index in [1.54, 1.807) is 11.7 Å². The third kappa shape index (κ3) is 4.40. The number of hydrogen-bond donors (Lipinski definition) is 2. The van der Waals surface area contributed by atoms with Crippen LogP contribution in [0.4, 0.5) is 0 Å². The maximum atomic E-state index is 6.00. The number of aromatic nitrogens is 3. The van der Waals surface area contributed by atoms with Crippen molar-refractivity contribution in [2.75, 3.05) is 7.05 Å². The summed E-state index contributed by atoms with van der Waals surface area (Å²) in [5.41, 5.74) is 3.48. The molecule has 2 aromatic carbocycles. The number of benzene rings is 2. The highest BCUT2D eigenvalue weighted by molar-refractivity contribution is 6.30. The van der Waals surface area contributed by atoms with Crippen LogP contribution in [0.1, 0.15) is 11.4 Å². The summed E-state index contributed by atoms with van der Waals surface area (Å²) in [5, 5.41) is 11.4. The lowest BCUT2D eigenvalue weighted by Gasteiger charge is -2.14. The Labute approximate surface area is 157 Å². The third-order valence-electron chi connectivity index (χ3n) is 4.06. The first kappa shape index (κ1) is 17.9. The highest BCUT2D eigenvalue weighted by Gasteiger charge is 2.07. The smallest absolute Gasteiger partial charge is 0.191 e. The lowest BCUT2D eigenvalue weighted by atomic mass is 10.00. The molecule has 0 aliphatic heterocycles. The van der Waals surface area contributed by atoms with Crippen molar-refractivity contribution in [1.29, 1.82) is 0 Å². The van der Waals surface area contributed by atoms with Gasteiger partial charge >= 0.3 is 0 Å². The summed E-state index contributed by atoms with van der Waals surface area (Å²) in [6, 6.07) is 16.2. The predicted molar refractivity (Wildman–Crippen MR) is 105 cm³/mol. The molecule has 0 saturated heterocycles. The Bertz CT molecular complexity index is 885. The van der Waals surface area contributed by atoms with E-state index in [4.69, 9.17) is 11.6 Å². The lowest BCUT2D eigenvalue weighted by molar-refractivity contribution is 0.673. The molecule has 0 saturated carbocycles. The largest absolute Gasteiger partial charge is 0.352 e. The van der Waals surface area contributed by atoms with Crippen molar-refractivity contribution < 1.29 is 0 Å². The maximum Gasteiger partial charge on any atom is 0.191 e. The van der Waals surface area contributed by atoms with Gasteiger partial charge in [-0.15, -0.1) is 0 Å².